The van der Waals surface area contributed by atoms with Gasteiger partial charge in [0.25, 0.3) is 0 Å². The summed E-state index contributed by atoms with van der Waals surface area (Å²) < 4.78 is 0. The Hall–Kier alpha value is -0.510. The van der Waals surface area contributed by atoms with Gasteiger partial charge in [0.15, 0.2) is 0 Å². The maximum atomic E-state index is 9.73. The first-order chi connectivity index (χ1) is 11.8. The molecule has 1 atom stereocenters. The molecule has 0 aromatic heterocycles. The monoisotopic (exact) mass is 331 g/mol. The molecule has 2 aliphatic carbocycles. The van der Waals surface area contributed by atoms with Crippen molar-refractivity contribution in [2.45, 2.75) is 110 Å². The van der Waals surface area contributed by atoms with E-state index in [1.807, 2.05) is 0 Å². The summed E-state index contributed by atoms with van der Waals surface area (Å²) in [4.78, 5) is 0. The second-order valence-electron chi connectivity index (χ2n) is 8.92. The van der Waals surface area contributed by atoms with Gasteiger partial charge in [-0.15, -0.1) is 0 Å². The van der Waals surface area contributed by atoms with E-state index in [0.717, 1.165) is 17.8 Å². The molecule has 2 saturated carbocycles. The molecule has 2 rings (SSSR count). The molecule has 138 valence electrons. The first-order valence-electron chi connectivity index (χ1n) is 11.2. The Morgan fingerprint density at radius 1 is 0.750 bits per heavy atom. The lowest BCUT2D eigenvalue weighted by Crippen LogP contribution is -2.24. The topological polar surface area (TPSA) is 23.8 Å². The van der Waals surface area contributed by atoms with Crippen LogP contribution in [0.3, 0.4) is 0 Å². The quantitative estimate of drug-likeness (QED) is 0.429. The number of rotatable bonds is 9. The average molecular weight is 332 g/mol. The molecule has 0 saturated heterocycles. The van der Waals surface area contributed by atoms with E-state index in [9.17, 15) is 5.26 Å². The van der Waals surface area contributed by atoms with E-state index in [0.29, 0.717) is 11.8 Å². The summed E-state index contributed by atoms with van der Waals surface area (Å²) in [6, 6.07) is 2.72. The third-order valence-corrected chi connectivity index (χ3v) is 7.11. The van der Waals surface area contributed by atoms with Crippen LogP contribution in [0.15, 0.2) is 0 Å². The summed E-state index contributed by atoms with van der Waals surface area (Å²) in [6.45, 7) is 4.61. The fraction of sp³-hybridized carbons (Fsp3) is 0.957. The van der Waals surface area contributed by atoms with Gasteiger partial charge in [0, 0.05) is 5.92 Å². The Labute approximate surface area is 151 Å². The highest BCUT2D eigenvalue weighted by atomic mass is 14.4. The van der Waals surface area contributed by atoms with Crippen molar-refractivity contribution in [1.29, 1.82) is 5.26 Å². The highest BCUT2D eigenvalue weighted by Crippen LogP contribution is 2.41. The van der Waals surface area contributed by atoms with Crippen LogP contribution in [0.25, 0.3) is 0 Å². The van der Waals surface area contributed by atoms with E-state index in [-0.39, 0.29) is 0 Å². The van der Waals surface area contributed by atoms with Gasteiger partial charge in [-0.2, -0.15) is 5.26 Å². The van der Waals surface area contributed by atoms with E-state index in [4.69, 9.17) is 0 Å². The fourth-order valence-electron chi connectivity index (χ4n) is 5.33. The van der Waals surface area contributed by atoms with Crippen molar-refractivity contribution >= 4 is 0 Å². The molecule has 0 spiro atoms. The molecule has 24 heavy (non-hydrogen) atoms. The molecule has 0 heterocycles. The second-order valence-corrected chi connectivity index (χ2v) is 8.92. The van der Waals surface area contributed by atoms with Crippen molar-refractivity contribution in [2.75, 3.05) is 0 Å². The molecule has 0 N–H and O–H groups in total. The van der Waals surface area contributed by atoms with Crippen molar-refractivity contribution < 1.29 is 0 Å². The number of nitriles is 1. The minimum absolute atomic E-state index is 0.356. The number of hydrogen-bond donors (Lipinski definition) is 0. The van der Waals surface area contributed by atoms with Gasteiger partial charge in [0.05, 0.1) is 6.07 Å². The smallest absolute Gasteiger partial charge is 0.0658 e. The first kappa shape index (κ1) is 19.8. The Balaban J connectivity index is 1.69. The van der Waals surface area contributed by atoms with Crippen LogP contribution < -0.4 is 0 Å². The fourth-order valence-corrected chi connectivity index (χ4v) is 5.33. The zero-order chi connectivity index (χ0) is 17.2. The maximum Gasteiger partial charge on any atom is 0.0658 e. The molecule has 0 aromatic carbocycles. The van der Waals surface area contributed by atoms with Gasteiger partial charge in [0.1, 0.15) is 0 Å². The summed E-state index contributed by atoms with van der Waals surface area (Å²) in [7, 11) is 0. The normalized spacial score (nSPS) is 32.2. The molecule has 0 amide bonds. The van der Waals surface area contributed by atoms with Crippen molar-refractivity contribution in [2.24, 2.45) is 29.6 Å². The summed E-state index contributed by atoms with van der Waals surface area (Å²) in [5, 5.41) is 9.73. The van der Waals surface area contributed by atoms with Crippen LogP contribution in [-0.4, -0.2) is 0 Å². The molecule has 0 aliphatic heterocycles. The van der Waals surface area contributed by atoms with Crippen molar-refractivity contribution in [3.63, 3.8) is 0 Å². The third kappa shape index (κ3) is 6.42. The molecule has 1 nitrogen and oxygen atoms in total. The SMILES string of the molecule is CCCC[C@H]1CC[C@H](CC(C#N)[C@H]2CC[C@H](CCCC)CC2)CC1. The van der Waals surface area contributed by atoms with Gasteiger partial charge in [-0.25, -0.2) is 0 Å². The Morgan fingerprint density at radius 2 is 1.21 bits per heavy atom. The van der Waals surface area contributed by atoms with Gasteiger partial charge in [-0.3, -0.25) is 0 Å². The summed E-state index contributed by atoms with van der Waals surface area (Å²) in [5.74, 6) is 3.88. The third-order valence-electron chi connectivity index (χ3n) is 7.11. The predicted molar refractivity (Wildman–Crippen MR) is 104 cm³/mol. The van der Waals surface area contributed by atoms with Crippen molar-refractivity contribution in [1.82, 2.24) is 0 Å². The minimum atomic E-state index is 0.356. The van der Waals surface area contributed by atoms with Gasteiger partial charge in [-0.05, 0) is 42.9 Å². The van der Waals surface area contributed by atoms with Gasteiger partial charge >= 0.3 is 0 Å². The van der Waals surface area contributed by atoms with E-state index >= 15 is 0 Å². The zero-order valence-electron chi connectivity index (χ0n) is 16.4. The van der Waals surface area contributed by atoms with Crippen LogP contribution in [-0.2, 0) is 0 Å². The van der Waals surface area contributed by atoms with Crippen LogP contribution in [0, 0.1) is 40.9 Å². The van der Waals surface area contributed by atoms with E-state index in [1.165, 1.54) is 96.3 Å². The van der Waals surface area contributed by atoms with Gasteiger partial charge in [0.2, 0.25) is 0 Å². The molecule has 1 unspecified atom stereocenters. The van der Waals surface area contributed by atoms with Crippen molar-refractivity contribution in [3.8, 4) is 6.07 Å². The van der Waals surface area contributed by atoms with Crippen molar-refractivity contribution in [3.05, 3.63) is 0 Å². The average Bonchev–Trinajstić information content (AvgIpc) is 2.64. The van der Waals surface area contributed by atoms with Gasteiger partial charge < -0.3 is 0 Å². The highest BCUT2D eigenvalue weighted by Gasteiger charge is 2.30. The van der Waals surface area contributed by atoms with Crippen LogP contribution in [0.2, 0.25) is 0 Å². The molecule has 0 radical (unpaired) electrons. The van der Waals surface area contributed by atoms with Gasteiger partial charge in [-0.1, -0.05) is 90.9 Å². The molecule has 0 aromatic rings. The Kier molecular flexibility index (Phi) is 9.22. The Bertz CT molecular complexity index is 353. The summed E-state index contributed by atoms with van der Waals surface area (Å²) in [5.41, 5.74) is 0. The lowest BCUT2D eigenvalue weighted by atomic mass is 9.70. The summed E-state index contributed by atoms with van der Waals surface area (Å²) >= 11 is 0. The predicted octanol–water partition coefficient (Wildman–Crippen LogP) is 7.51. The van der Waals surface area contributed by atoms with E-state index < -0.39 is 0 Å². The lowest BCUT2D eigenvalue weighted by molar-refractivity contribution is 0.177. The molecular weight excluding hydrogens is 290 g/mol. The summed E-state index contributed by atoms with van der Waals surface area (Å²) in [6.07, 6.45) is 20.7. The first-order valence-corrected chi connectivity index (χ1v) is 11.2. The minimum Gasteiger partial charge on any atom is -0.198 e. The van der Waals surface area contributed by atoms with Crippen LogP contribution >= 0.6 is 0 Å². The molecular formula is C23H41N. The zero-order valence-corrected chi connectivity index (χ0v) is 16.4. The second kappa shape index (κ2) is 11.2. The van der Waals surface area contributed by atoms with E-state index in [1.54, 1.807) is 0 Å². The van der Waals surface area contributed by atoms with E-state index in [2.05, 4.69) is 19.9 Å². The largest absolute Gasteiger partial charge is 0.198 e. The molecule has 1 heteroatoms. The molecule has 2 aliphatic rings. The van der Waals surface area contributed by atoms with Crippen LogP contribution in [0.4, 0.5) is 0 Å². The standard InChI is InChI=1S/C23H41N/c1-3-5-7-19-9-11-21(12-10-19)17-23(18-24)22-15-13-20(14-16-22)8-6-4-2/h19-23H,3-17H2,1-2H3/t19-,20-,21-,22-,23?. The number of unbranched alkanes of at least 4 members (excludes halogenated alkanes) is 2. The van der Waals surface area contributed by atoms with Crippen LogP contribution in [0.5, 0.6) is 0 Å². The number of hydrogen-bond acceptors (Lipinski definition) is 1. The lowest BCUT2D eigenvalue weighted by Gasteiger charge is -2.34. The van der Waals surface area contributed by atoms with Crippen LogP contribution in [0.1, 0.15) is 110 Å². The highest BCUT2D eigenvalue weighted by molar-refractivity contribution is 4.92. The Morgan fingerprint density at radius 3 is 1.67 bits per heavy atom. The maximum absolute atomic E-state index is 9.73. The number of nitrogens with zero attached hydrogens (tertiary/aromatic N) is 1. The molecule has 0 bridgehead atoms. The molecule has 2 fully saturated rings.